The number of hydrogen-bond acceptors (Lipinski definition) is 6. The second kappa shape index (κ2) is 8.41. The van der Waals surface area contributed by atoms with Crippen molar-refractivity contribution in [2.75, 3.05) is 5.32 Å². The van der Waals surface area contributed by atoms with Crippen LogP contribution in [0.1, 0.15) is 25.2 Å². The van der Waals surface area contributed by atoms with Crippen LogP contribution in [0.2, 0.25) is 5.02 Å². The largest absolute Gasteiger partial charge is 0.358 e. The van der Waals surface area contributed by atoms with Gasteiger partial charge in [0.15, 0.2) is 23.1 Å². The lowest BCUT2D eigenvalue weighted by Crippen LogP contribution is -2.28. The Morgan fingerprint density at radius 3 is 2.65 bits per heavy atom. The molecule has 3 heterocycles. The summed E-state index contributed by atoms with van der Waals surface area (Å²) in [6.07, 6.45) is 3.22. The third-order valence-corrected chi connectivity index (χ3v) is 5.73. The topological polar surface area (TPSA) is 101 Å². The molecule has 3 aromatic heterocycles. The van der Waals surface area contributed by atoms with Crippen molar-refractivity contribution in [2.45, 2.75) is 19.4 Å². The first kappa shape index (κ1) is 21.8. The van der Waals surface area contributed by atoms with Crippen LogP contribution in [0, 0.1) is 17.5 Å². The Morgan fingerprint density at radius 1 is 1.09 bits per heavy atom. The van der Waals surface area contributed by atoms with Gasteiger partial charge in [-0.15, -0.1) is 0 Å². The molecule has 0 radical (unpaired) electrons. The first-order chi connectivity index (χ1) is 16.4. The normalized spacial score (nSPS) is 12.4. The Hall–Kier alpha value is -3.99. The zero-order valence-electron chi connectivity index (χ0n) is 17.5. The van der Waals surface area contributed by atoms with Crippen LogP contribution in [0.15, 0.2) is 47.8 Å². The molecule has 1 atom stereocenters. The standard InChI is InChI=1S/C22H15ClF3N7O/c1-2-14(31-20-18-19(28-8-27-18)29-9-30-20)21-32-15-6-5-12(25)17(23)16(15)22(34)33(21)10-3-4-11(24)13(26)7-10/h3-9,14H,2H2,1H3,(H2,27,28,29,30,31). The summed E-state index contributed by atoms with van der Waals surface area (Å²) in [6, 6.07) is 4.79. The number of hydrogen-bond donors (Lipinski definition) is 2. The van der Waals surface area contributed by atoms with Crippen molar-refractivity contribution in [3.63, 3.8) is 0 Å². The molecule has 5 rings (SSSR count). The van der Waals surface area contributed by atoms with Gasteiger partial charge >= 0.3 is 0 Å². The van der Waals surface area contributed by atoms with E-state index in [4.69, 9.17) is 11.6 Å². The summed E-state index contributed by atoms with van der Waals surface area (Å²) in [4.78, 5) is 33.5. The minimum Gasteiger partial charge on any atom is -0.358 e. The monoisotopic (exact) mass is 485 g/mol. The highest BCUT2D eigenvalue weighted by molar-refractivity contribution is 6.35. The Morgan fingerprint density at radius 2 is 1.88 bits per heavy atom. The van der Waals surface area contributed by atoms with Crippen LogP contribution in [0.5, 0.6) is 0 Å². The van der Waals surface area contributed by atoms with Gasteiger partial charge in [-0.05, 0) is 30.7 Å². The molecule has 0 aliphatic heterocycles. The van der Waals surface area contributed by atoms with Crippen LogP contribution in [-0.4, -0.2) is 29.5 Å². The van der Waals surface area contributed by atoms with Gasteiger partial charge in [-0.3, -0.25) is 9.36 Å². The van der Waals surface area contributed by atoms with Crippen LogP contribution in [0.25, 0.3) is 27.8 Å². The molecule has 172 valence electrons. The first-order valence-electron chi connectivity index (χ1n) is 10.2. The third kappa shape index (κ3) is 3.54. The fourth-order valence-electron chi connectivity index (χ4n) is 3.72. The van der Waals surface area contributed by atoms with Crippen molar-refractivity contribution in [1.82, 2.24) is 29.5 Å². The smallest absolute Gasteiger partial charge is 0.267 e. The Bertz CT molecular complexity index is 1620. The molecule has 0 saturated carbocycles. The number of anilines is 1. The summed E-state index contributed by atoms with van der Waals surface area (Å²) >= 11 is 6.09. The molecule has 8 nitrogen and oxygen atoms in total. The molecule has 1 unspecified atom stereocenters. The molecule has 34 heavy (non-hydrogen) atoms. The predicted molar refractivity (Wildman–Crippen MR) is 121 cm³/mol. The summed E-state index contributed by atoms with van der Waals surface area (Å²) in [7, 11) is 0. The zero-order valence-corrected chi connectivity index (χ0v) is 18.2. The molecule has 0 bridgehead atoms. The molecule has 0 aliphatic rings. The maximum atomic E-state index is 14.2. The summed E-state index contributed by atoms with van der Waals surface area (Å²) in [5, 5.41) is 2.61. The number of fused-ring (bicyclic) bond motifs is 2. The molecular weight excluding hydrogens is 471 g/mol. The number of halogens is 4. The minimum atomic E-state index is -1.16. The van der Waals surface area contributed by atoms with Crippen molar-refractivity contribution in [3.05, 3.63) is 81.6 Å². The second-order valence-corrected chi connectivity index (χ2v) is 7.77. The Balaban J connectivity index is 1.77. The van der Waals surface area contributed by atoms with Gasteiger partial charge in [0.2, 0.25) is 0 Å². The second-order valence-electron chi connectivity index (χ2n) is 7.39. The number of nitrogens with zero attached hydrogens (tertiary/aromatic N) is 5. The fourth-order valence-corrected chi connectivity index (χ4v) is 3.96. The molecular formula is C22H15ClF3N7O. The number of rotatable bonds is 5. The lowest BCUT2D eigenvalue weighted by molar-refractivity contribution is 0.507. The van der Waals surface area contributed by atoms with E-state index in [2.05, 4.69) is 30.2 Å². The summed E-state index contributed by atoms with van der Waals surface area (Å²) in [5.74, 6) is -2.50. The van der Waals surface area contributed by atoms with Crippen molar-refractivity contribution < 1.29 is 13.2 Å². The first-order valence-corrected chi connectivity index (χ1v) is 10.5. The quantitative estimate of drug-likeness (QED) is 0.374. The Labute approximate surface area is 194 Å². The van der Waals surface area contributed by atoms with E-state index in [9.17, 15) is 18.0 Å². The fraction of sp³-hybridized carbons (Fsp3) is 0.136. The van der Waals surface area contributed by atoms with Gasteiger partial charge < -0.3 is 10.3 Å². The van der Waals surface area contributed by atoms with Crippen molar-refractivity contribution in [1.29, 1.82) is 0 Å². The van der Waals surface area contributed by atoms with Crippen LogP contribution in [0.3, 0.4) is 0 Å². The van der Waals surface area contributed by atoms with Gasteiger partial charge in [-0.1, -0.05) is 18.5 Å². The molecule has 2 aromatic carbocycles. The maximum absolute atomic E-state index is 14.2. The van der Waals surface area contributed by atoms with Crippen LogP contribution >= 0.6 is 11.6 Å². The molecule has 0 spiro atoms. The van der Waals surface area contributed by atoms with E-state index >= 15 is 0 Å². The molecule has 0 saturated heterocycles. The SMILES string of the molecule is CCC(Nc1ncnc2[nH]cnc12)c1nc2ccc(F)c(Cl)c2c(=O)n1-c1ccc(F)c(F)c1. The highest BCUT2D eigenvalue weighted by Crippen LogP contribution is 2.29. The maximum Gasteiger partial charge on any atom is 0.267 e. The average molecular weight is 486 g/mol. The number of aromatic amines is 1. The van der Waals surface area contributed by atoms with E-state index in [1.54, 1.807) is 0 Å². The van der Waals surface area contributed by atoms with Crippen LogP contribution < -0.4 is 10.9 Å². The third-order valence-electron chi connectivity index (χ3n) is 5.36. The number of aromatic nitrogens is 6. The van der Waals surface area contributed by atoms with Crippen molar-refractivity contribution >= 4 is 39.5 Å². The van der Waals surface area contributed by atoms with E-state index in [-0.39, 0.29) is 22.4 Å². The van der Waals surface area contributed by atoms with Gasteiger partial charge in [0, 0.05) is 6.07 Å². The zero-order chi connectivity index (χ0) is 24.0. The molecule has 0 fully saturated rings. The lowest BCUT2D eigenvalue weighted by Gasteiger charge is -2.22. The molecule has 2 N–H and O–H groups in total. The van der Waals surface area contributed by atoms with Crippen molar-refractivity contribution in [2.24, 2.45) is 0 Å². The number of benzene rings is 2. The van der Waals surface area contributed by atoms with Gasteiger partial charge in [0.25, 0.3) is 5.56 Å². The van der Waals surface area contributed by atoms with E-state index in [1.807, 2.05) is 6.92 Å². The van der Waals surface area contributed by atoms with Crippen LogP contribution in [-0.2, 0) is 0 Å². The van der Waals surface area contributed by atoms with Gasteiger partial charge in [0.1, 0.15) is 23.5 Å². The highest BCUT2D eigenvalue weighted by atomic mass is 35.5. The average Bonchev–Trinajstić information content (AvgIpc) is 3.31. The van der Waals surface area contributed by atoms with E-state index < -0.39 is 34.1 Å². The molecule has 5 aromatic rings. The van der Waals surface area contributed by atoms with Gasteiger partial charge in [-0.2, -0.15) is 0 Å². The summed E-state index contributed by atoms with van der Waals surface area (Å²) < 4.78 is 43.0. The molecule has 0 amide bonds. The Kier molecular flexibility index (Phi) is 5.40. The number of nitrogens with one attached hydrogen (secondary N) is 2. The highest BCUT2D eigenvalue weighted by Gasteiger charge is 2.24. The van der Waals surface area contributed by atoms with E-state index in [1.165, 1.54) is 24.8 Å². The van der Waals surface area contributed by atoms with E-state index in [0.29, 0.717) is 23.4 Å². The summed E-state index contributed by atoms with van der Waals surface area (Å²) in [6.45, 7) is 1.84. The lowest BCUT2D eigenvalue weighted by atomic mass is 10.1. The molecule has 12 heteroatoms. The minimum absolute atomic E-state index is 0.00137. The van der Waals surface area contributed by atoms with Gasteiger partial charge in [-0.25, -0.2) is 33.1 Å². The summed E-state index contributed by atoms with van der Waals surface area (Å²) in [5.41, 5.74) is 0.385. The number of imidazole rings is 1. The predicted octanol–water partition coefficient (Wildman–Crippen LogP) is 4.69. The molecule has 0 aliphatic carbocycles. The van der Waals surface area contributed by atoms with Gasteiger partial charge in [0.05, 0.1) is 34.0 Å². The van der Waals surface area contributed by atoms with Crippen LogP contribution in [0.4, 0.5) is 19.0 Å². The number of H-pyrrole nitrogens is 1. The van der Waals surface area contributed by atoms with Crippen molar-refractivity contribution in [3.8, 4) is 5.69 Å². The van der Waals surface area contributed by atoms with E-state index in [0.717, 1.165) is 22.8 Å².